The van der Waals surface area contributed by atoms with Gasteiger partial charge in [-0.2, -0.15) is 22.1 Å². The normalized spacial score (nSPS) is 19.3. The molecule has 0 aromatic carbocycles. The Balaban J connectivity index is 2.03. The van der Waals surface area contributed by atoms with E-state index in [1.807, 2.05) is 26.1 Å². The highest BCUT2D eigenvalue weighted by molar-refractivity contribution is 7.86. The third-order valence-corrected chi connectivity index (χ3v) is 6.20. The van der Waals surface area contributed by atoms with Crippen molar-refractivity contribution in [3.05, 3.63) is 29.8 Å². The van der Waals surface area contributed by atoms with E-state index in [9.17, 15) is 8.42 Å². The Morgan fingerprint density at radius 1 is 1.29 bits per heavy atom. The van der Waals surface area contributed by atoms with Crippen LogP contribution in [-0.2, 0) is 17.3 Å². The molecular formula is C15H22N6O2S. The highest BCUT2D eigenvalue weighted by Crippen LogP contribution is 2.35. The Morgan fingerprint density at radius 3 is 2.67 bits per heavy atom. The first-order valence-electron chi connectivity index (χ1n) is 7.84. The molecule has 3 rings (SSSR count). The largest absolute Gasteiger partial charge is 0.282 e. The summed E-state index contributed by atoms with van der Waals surface area (Å²) in [6.07, 6.45) is 3.29. The summed E-state index contributed by atoms with van der Waals surface area (Å²) in [5, 5.41) is 4.17. The van der Waals surface area contributed by atoms with Crippen molar-refractivity contribution in [2.75, 3.05) is 20.6 Å². The van der Waals surface area contributed by atoms with Gasteiger partial charge in [0.2, 0.25) is 0 Å². The Kier molecular flexibility index (Phi) is 4.41. The third-order valence-electron chi connectivity index (χ3n) is 4.24. The maximum Gasteiger partial charge on any atom is 0.282 e. The summed E-state index contributed by atoms with van der Waals surface area (Å²) in [4.78, 5) is 8.99. The number of rotatable bonds is 4. The van der Waals surface area contributed by atoms with Crippen molar-refractivity contribution in [1.82, 2.24) is 28.4 Å². The van der Waals surface area contributed by atoms with Gasteiger partial charge in [0.25, 0.3) is 10.2 Å². The standard InChI is InChI=1S/C15H22N6O2S/c1-11-17-12(14-7-8-16-20(14)4)10-13(18-11)15-6-5-9-21(15)24(22,23)19(2)3/h7-8,10,15H,5-6,9H2,1-4H3/t15-/m0/s1. The van der Waals surface area contributed by atoms with Crippen molar-refractivity contribution < 1.29 is 8.42 Å². The summed E-state index contributed by atoms with van der Waals surface area (Å²) >= 11 is 0. The van der Waals surface area contributed by atoms with Crippen LogP contribution in [0.4, 0.5) is 0 Å². The van der Waals surface area contributed by atoms with Crippen LogP contribution in [-0.4, -0.2) is 57.4 Å². The van der Waals surface area contributed by atoms with Gasteiger partial charge in [-0.15, -0.1) is 0 Å². The van der Waals surface area contributed by atoms with Crippen LogP contribution < -0.4 is 0 Å². The molecule has 1 atom stereocenters. The molecule has 0 N–H and O–H groups in total. The summed E-state index contributed by atoms with van der Waals surface area (Å²) in [6, 6.07) is 3.50. The summed E-state index contributed by atoms with van der Waals surface area (Å²) in [7, 11) is 1.48. The van der Waals surface area contributed by atoms with Crippen molar-refractivity contribution in [3.63, 3.8) is 0 Å². The van der Waals surface area contributed by atoms with Crippen molar-refractivity contribution in [2.24, 2.45) is 7.05 Å². The second-order valence-electron chi connectivity index (χ2n) is 6.12. The van der Waals surface area contributed by atoms with Gasteiger partial charge in [0.1, 0.15) is 5.82 Å². The molecule has 0 aliphatic carbocycles. The van der Waals surface area contributed by atoms with Crippen LogP contribution in [0.15, 0.2) is 18.3 Å². The molecule has 0 spiro atoms. The summed E-state index contributed by atoms with van der Waals surface area (Å²) in [5.41, 5.74) is 2.37. The first-order chi connectivity index (χ1) is 11.3. The molecule has 0 saturated carbocycles. The molecule has 3 heterocycles. The van der Waals surface area contributed by atoms with E-state index in [1.54, 1.807) is 25.0 Å². The van der Waals surface area contributed by atoms with Gasteiger partial charge in [-0.05, 0) is 31.9 Å². The average Bonchev–Trinajstić information content (AvgIpc) is 3.15. The average molecular weight is 350 g/mol. The first-order valence-corrected chi connectivity index (χ1v) is 9.23. The second-order valence-corrected chi connectivity index (χ2v) is 8.22. The van der Waals surface area contributed by atoms with E-state index in [0.29, 0.717) is 12.4 Å². The molecule has 2 aromatic heterocycles. The van der Waals surface area contributed by atoms with Crippen LogP contribution in [0.5, 0.6) is 0 Å². The summed E-state index contributed by atoms with van der Waals surface area (Å²) in [6.45, 7) is 2.33. The SMILES string of the molecule is Cc1nc(-c2ccnn2C)cc([C@@H]2CCCN2S(=O)(=O)N(C)C)n1. The number of nitrogens with zero attached hydrogens (tertiary/aromatic N) is 6. The van der Waals surface area contributed by atoms with E-state index >= 15 is 0 Å². The lowest BCUT2D eigenvalue weighted by molar-refractivity contribution is 0.357. The maximum atomic E-state index is 12.6. The number of hydrogen-bond donors (Lipinski definition) is 0. The van der Waals surface area contributed by atoms with Crippen LogP contribution in [0.25, 0.3) is 11.4 Å². The van der Waals surface area contributed by atoms with Gasteiger partial charge in [0.05, 0.1) is 23.1 Å². The molecule has 1 aliphatic heterocycles. The van der Waals surface area contributed by atoms with Crippen LogP contribution in [0, 0.1) is 6.92 Å². The quantitative estimate of drug-likeness (QED) is 0.825. The molecule has 24 heavy (non-hydrogen) atoms. The van der Waals surface area contributed by atoms with Gasteiger partial charge >= 0.3 is 0 Å². The molecule has 1 saturated heterocycles. The monoisotopic (exact) mass is 350 g/mol. The minimum absolute atomic E-state index is 0.258. The predicted octanol–water partition coefficient (Wildman–Crippen LogP) is 1.13. The van der Waals surface area contributed by atoms with Gasteiger partial charge in [0, 0.05) is 33.9 Å². The van der Waals surface area contributed by atoms with E-state index in [2.05, 4.69) is 15.1 Å². The van der Waals surface area contributed by atoms with Crippen molar-refractivity contribution >= 4 is 10.2 Å². The zero-order valence-corrected chi connectivity index (χ0v) is 15.2. The predicted molar refractivity (Wildman–Crippen MR) is 90.3 cm³/mol. The molecule has 0 unspecified atom stereocenters. The van der Waals surface area contributed by atoms with Gasteiger partial charge in [-0.3, -0.25) is 4.68 Å². The third kappa shape index (κ3) is 2.94. The molecule has 0 amide bonds. The van der Waals surface area contributed by atoms with Crippen molar-refractivity contribution in [3.8, 4) is 11.4 Å². The Hall–Kier alpha value is -1.84. The Labute approximate surface area is 142 Å². The molecule has 130 valence electrons. The fourth-order valence-corrected chi connectivity index (χ4v) is 4.35. The Morgan fingerprint density at radius 2 is 2.04 bits per heavy atom. The molecular weight excluding hydrogens is 328 g/mol. The molecule has 2 aromatic rings. The van der Waals surface area contributed by atoms with E-state index < -0.39 is 10.2 Å². The topological polar surface area (TPSA) is 84.2 Å². The molecule has 9 heteroatoms. The van der Waals surface area contributed by atoms with Crippen LogP contribution in [0.2, 0.25) is 0 Å². The lowest BCUT2D eigenvalue weighted by Crippen LogP contribution is -2.39. The summed E-state index contributed by atoms with van der Waals surface area (Å²) in [5.74, 6) is 0.623. The smallest absolute Gasteiger partial charge is 0.266 e. The van der Waals surface area contributed by atoms with Gasteiger partial charge < -0.3 is 0 Å². The number of aryl methyl sites for hydroxylation is 2. The minimum Gasteiger partial charge on any atom is -0.266 e. The first kappa shape index (κ1) is 17.0. The zero-order valence-electron chi connectivity index (χ0n) is 14.3. The lowest BCUT2D eigenvalue weighted by Gasteiger charge is -2.26. The van der Waals surface area contributed by atoms with Gasteiger partial charge in [-0.25, -0.2) is 9.97 Å². The van der Waals surface area contributed by atoms with Crippen LogP contribution in [0.3, 0.4) is 0 Å². The van der Waals surface area contributed by atoms with E-state index in [0.717, 1.165) is 29.9 Å². The lowest BCUT2D eigenvalue weighted by atomic mass is 10.1. The van der Waals surface area contributed by atoms with Crippen LogP contribution >= 0.6 is 0 Å². The molecule has 8 nitrogen and oxygen atoms in total. The number of aromatic nitrogens is 4. The summed E-state index contributed by atoms with van der Waals surface area (Å²) < 4.78 is 29.7. The van der Waals surface area contributed by atoms with E-state index in [-0.39, 0.29) is 6.04 Å². The van der Waals surface area contributed by atoms with Crippen LogP contribution in [0.1, 0.15) is 30.4 Å². The highest BCUT2D eigenvalue weighted by Gasteiger charge is 2.37. The maximum absolute atomic E-state index is 12.6. The number of hydrogen-bond acceptors (Lipinski definition) is 5. The molecule has 1 fully saturated rings. The fraction of sp³-hybridized carbons (Fsp3) is 0.533. The second kappa shape index (κ2) is 6.23. The van der Waals surface area contributed by atoms with E-state index in [1.165, 1.54) is 8.61 Å². The molecule has 0 bridgehead atoms. The van der Waals surface area contributed by atoms with Gasteiger partial charge in [-0.1, -0.05) is 0 Å². The fourth-order valence-electron chi connectivity index (χ4n) is 3.04. The highest BCUT2D eigenvalue weighted by atomic mass is 32.2. The van der Waals surface area contributed by atoms with Crippen molar-refractivity contribution in [1.29, 1.82) is 0 Å². The Bertz CT molecular complexity index is 845. The molecule has 1 aliphatic rings. The molecule has 0 radical (unpaired) electrons. The van der Waals surface area contributed by atoms with Gasteiger partial charge in [0.15, 0.2) is 0 Å². The van der Waals surface area contributed by atoms with Crippen molar-refractivity contribution in [2.45, 2.75) is 25.8 Å². The minimum atomic E-state index is -3.47. The zero-order chi connectivity index (χ0) is 17.5. The van der Waals surface area contributed by atoms with E-state index in [4.69, 9.17) is 0 Å².